The second-order valence-corrected chi connectivity index (χ2v) is 6.08. The van der Waals surface area contributed by atoms with E-state index in [1.54, 1.807) is 7.11 Å². The fourth-order valence-electron chi connectivity index (χ4n) is 2.23. The van der Waals surface area contributed by atoms with Gasteiger partial charge in [0, 0.05) is 16.6 Å². The predicted molar refractivity (Wildman–Crippen MR) is 88.4 cm³/mol. The molecule has 0 bridgehead atoms. The van der Waals surface area contributed by atoms with Crippen LogP contribution in [0.2, 0.25) is 0 Å². The molecule has 2 aromatic carbocycles. The van der Waals surface area contributed by atoms with Gasteiger partial charge in [-0.05, 0) is 30.7 Å². The highest BCUT2D eigenvalue weighted by molar-refractivity contribution is 9.10. The first-order chi connectivity index (χ1) is 10.1. The summed E-state index contributed by atoms with van der Waals surface area (Å²) in [5.41, 5.74) is 1.61. The molecule has 1 atom stereocenters. The molecule has 2 aromatic rings. The van der Waals surface area contributed by atoms with Gasteiger partial charge in [-0.15, -0.1) is 0 Å². The molecule has 0 spiro atoms. The van der Waals surface area contributed by atoms with E-state index in [4.69, 9.17) is 4.74 Å². The smallest absolute Gasteiger partial charge is 0.123 e. The number of hydrogen-bond acceptors (Lipinski definition) is 3. The van der Waals surface area contributed by atoms with Gasteiger partial charge in [-0.3, -0.25) is 0 Å². The second-order valence-electron chi connectivity index (χ2n) is 5.17. The Labute approximate surface area is 134 Å². The van der Waals surface area contributed by atoms with Gasteiger partial charge in [-0.1, -0.05) is 46.3 Å². The Morgan fingerprint density at radius 3 is 2.52 bits per heavy atom. The van der Waals surface area contributed by atoms with E-state index in [9.17, 15) is 5.11 Å². The third-order valence-corrected chi connectivity index (χ3v) is 4.13. The molecule has 2 N–H and O–H groups in total. The van der Waals surface area contributed by atoms with Crippen LogP contribution in [0.25, 0.3) is 0 Å². The van der Waals surface area contributed by atoms with Crippen LogP contribution in [0.5, 0.6) is 5.75 Å². The van der Waals surface area contributed by atoms with Crippen molar-refractivity contribution in [2.24, 2.45) is 0 Å². The van der Waals surface area contributed by atoms with Crippen molar-refractivity contribution >= 4 is 15.9 Å². The Morgan fingerprint density at radius 2 is 1.90 bits per heavy atom. The lowest BCUT2D eigenvalue weighted by Gasteiger charge is -2.30. The van der Waals surface area contributed by atoms with Crippen molar-refractivity contribution in [1.29, 1.82) is 0 Å². The quantitative estimate of drug-likeness (QED) is 0.839. The molecule has 0 heterocycles. The number of benzene rings is 2. The normalized spacial score (nSPS) is 13.7. The minimum atomic E-state index is -0.491. The average molecular weight is 350 g/mol. The summed E-state index contributed by atoms with van der Waals surface area (Å²) in [5, 5.41) is 13.2. The number of nitrogens with one attached hydrogen (secondary N) is 1. The summed E-state index contributed by atoms with van der Waals surface area (Å²) in [4.78, 5) is 0. The van der Waals surface area contributed by atoms with Crippen LogP contribution < -0.4 is 10.1 Å². The first kappa shape index (κ1) is 16.0. The van der Waals surface area contributed by atoms with Crippen LogP contribution >= 0.6 is 15.9 Å². The Balaban J connectivity index is 2.19. The Hall–Kier alpha value is -1.36. The van der Waals surface area contributed by atoms with Crippen LogP contribution in [0.15, 0.2) is 53.0 Å². The third-order valence-electron chi connectivity index (χ3n) is 3.64. The van der Waals surface area contributed by atoms with Crippen LogP contribution in [-0.4, -0.2) is 18.8 Å². The maximum atomic E-state index is 9.79. The zero-order valence-corrected chi connectivity index (χ0v) is 13.9. The van der Waals surface area contributed by atoms with E-state index in [-0.39, 0.29) is 6.61 Å². The van der Waals surface area contributed by atoms with Gasteiger partial charge in [0.15, 0.2) is 0 Å². The highest BCUT2D eigenvalue weighted by Crippen LogP contribution is 2.25. The van der Waals surface area contributed by atoms with Gasteiger partial charge in [0.05, 0.1) is 19.3 Å². The first-order valence-corrected chi connectivity index (χ1v) is 7.62. The fraction of sp³-hybridized carbons (Fsp3) is 0.294. The maximum absolute atomic E-state index is 9.79. The van der Waals surface area contributed by atoms with E-state index in [1.165, 1.54) is 0 Å². The van der Waals surface area contributed by atoms with Gasteiger partial charge >= 0.3 is 0 Å². The van der Waals surface area contributed by atoms with Gasteiger partial charge in [0.1, 0.15) is 5.75 Å². The molecule has 0 fully saturated rings. The summed E-state index contributed by atoms with van der Waals surface area (Å²) in [7, 11) is 1.66. The van der Waals surface area contributed by atoms with E-state index < -0.39 is 5.54 Å². The number of methoxy groups -OCH3 is 1. The summed E-state index contributed by atoms with van der Waals surface area (Å²) in [6, 6.07) is 15.9. The van der Waals surface area contributed by atoms with Crippen molar-refractivity contribution in [3.05, 3.63) is 64.1 Å². The molecule has 112 valence electrons. The number of ether oxygens (including phenoxy) is 1. The molecule has 0 amide bonds. The van der Waals surface area contributed by atoms with Crippen molar-refractivity contribution in [1.82, 2.24) is 5.32 Å². The van der Waals surface area contributed by atoms with Gasteiger partial charge in [-0.25, -0.2) is 0 Å². The Kier molecular flexibility index (Phi) is 5.39. The summed E-state index contributed by atoms with van der Waals surface area (Å²) < 4.78 is 6.39. The predicted octanol–water partition coefficient (Wildman–Crippen LogP) is 3.46. The third kappa shape index (κ3) is 3.84. The van der Waals surface area contributed by atoms with E-state index in [0.29, 0.717) is 6.54 Å². The summed E-state index contributed by atoms with van der Waals surface area (Å²) in [5.74, 6) is 0.832. The topological polar surface area (TPSA) is 41.5 Å². The number of halogens is 1. The zero-order chi connectivity index (χ0) is 15.3. The molecule has 3 nitrogen and oxygen atoms in total. The van der Waals surface area contributed by atoms with Crippen molar-refractivity contribution in [2.75, 3.05) is 13.7 Å². The summed E-state index contributed by atoms with van der Waals surface area (Å²) >= 11 is 3.48. The van der Waals surface area contributed by atoms with Crippen molar-refractivity contribution in [2.45, 2.75) is 19.0 Å². The molecule has 0 radical (unpaired) electrons. The van der Waals surface area contributed by atoms with E-state index in [1.807, 2.05) is 55.5 Å². The van der Waals surface area contributed by atoms with Crippen LogP contribution in [0.4, 0.5) is 0 Å². The summed E-state index contributed by atoms with van der Waals surface area (Å²) in [6.45, 7) is 2.62. The lowest BCUT2D eigenvalue weighted by molar-refractivity contribution is 0.173. The summed E-state index contributed by atoms with van der Waals surface area (Å²) in [6.07, 6.45) is 0. The number of aliphatic hydroxyl groups is 1. The van der Waals surface area contributed by atoms with E-state index in [0.717, 1.165) is 21.3 Å². The molecule has 0 aliphatic carbocycles. The molecule has 1 unspecified atom stereocenters. The molecule has 4 heteroatoms. The zero-order valence-electron chi connectivity index (χ0n) is 12.3. The van der Waals surface area contributed by atoms with E-state index >= 15 is 0 Å². The number of aliphatic hydroxyl groups excluding tert-OH is 1. The van der Waals surface area contributed by atoms with Crippen LogP contribution in [0, 0.1) is 0 Å². The molecular weight excluding hydrogens is 330 g/mol. The molecule has 0 aliphatic heterocycles. The van der Waals surface area contributed by atoms with Gasteiger partial charge in [0.2, 0.25) is 0 Å². The van der Waals surface area contributed by atoms with Crippen molar-refractivity contribution < 1.29 is 9.84 Å². The second kappa shape index (κ2) is 7.07. The van der Waals surface area contributed by atoms with Gasteiger partial charge in [-0.2, -0.15) is 0 Å². The maximum Gasteiger partial charge on any atom is 0.123 e. The van der Waals surface area contributed by atoms with Crippen molar-refractivity contribution in [3.63, 3.8) is 0 Å². The molecule has 0 saturated carbocycles. The molecule has 0 saturated heterocycles. The van der Waals surface area contributed by atoms with Crippen LogP contribution in [0.3, 0.4) is 0 Å². The highest BCUT2D eigenvalue weighted by Gasteiger charge is 2.25. The van der Waals surface area contributed by atoms with Crippen LogP contribution in [-0.2, 0) is 12.1 Å². The first-order valence-electron chi connectivity index (χ1n) is 6.83. The van der Waals surface area contributed by atoms with E-state index in [2.05, 4.69) is 21.2 Å². The molecule has 0 aromatic heterocycles. The standard InChI is InChI=1S/C17H20BrNO2/c1-17(12-20,14-6-4-3-5-7-14)19-11-13-10-15(18)8-9-16(13)21-2/h3-10,19-20H,11-12H2,1-2H3. The van der Waals surface area contributed by atoms with Gasteiger partial charge in [0.25, 0.3) is 0 Å². The average Bonchev–Trinajstić information content (AvgIpc) is 2.53. The molecule has 0 aliphatic rings. The lowest BCUT2D eigenvalue weighted by atomic mass is 9.92. The molecule has 2 rings (SSSR count). The Bertz CT molecular complexity index is 589. The number of rotatable bonds is 6. The Morgan fingerprint density at radius 1 is 1.19 bits per heavy atom. The largest absolute Gasteiger partial charge is 0.496 e. The fourth-order valence-corrected chi connectivity index (χ4v) is 2.64. The van der Waals surface area contributed by atoms with Crippen LogP contribution in [0.1, 0.15) is 18.1 Å². The molecular formula is C17H20BrNO2. The van der Waals surface area contributed by atoms with Gasteiger partial charge < -0.3 is 15.2 Å². The number of hydrogen-bond donors (Lipinski definition) is 2. The minimum Gasteiger partial charge on any atom is -0.496 e. The minimum absolute atomic E-state index is 0.0212. The van der Waals surface area contributed by atoms with Crippen molar-refractivity contribution in [3.8, 4) is 5.75 Å². The molecule has 21 heavy (non-hydrogen) atoms. The monoisotopic (exact) mass is 349 g/mol. The highest BCUT2D eigenvalue weighted by atomic mass is 79.9. The lowest BCUT2D eigenvalue weighted by Crippen LogP contribution is -2.42. The SMILES string of the molecule is COc1ccc(Br)cc1CNC(C)(CO)c1ccccc1.